The van der Waals surface area contributed by atoms with Crippen molar-refractivity contribution in [1.29, 1.82) is 0 Å². The molecule has 1 saturated carbocycles. The van der Waals surface area contributed by atoms with Crippen molar-refractivity contribution >= 4 is 5.84 Å². The van der Waals surface area contributed by atoms with Crippen LogP contribution in [0.1, 0.15) is 40.5 Å². The van der Waals surface area contributed by atoms with Gasteiger partial charge < -0.3 is 4.90 Å². The standard InChI is InChI=1S/C13H22N2/c1-9(2)11(5)13(14-10(3)4)15(6)12-7-8-12/h12H,3,7-8H2,1-2,4-6H3. The van der Waals surface area contributed by atoms with Crippen molar-refractivity contribution in [3.8, 4) is 0 Å². The minimum Gasteiger partial charge on any atom is -0.356 e. The number of nitrogens with zero attached hydrogens (tertiary/aromatic N) is 2. The lowest BCUT2D eigenvalue weighted by Crippen LogP contribution is -2.30. The fraction of sp³-hybridized carbons (Fsp3) is 0.615. The molecule has 0 unspecified atom stereocenters. The molecule has 0 atom stereocenters. The SMILES string of the molecule is C=C(C)N=C(C(C)=C(C)C)N(C)C1CC1. The minimum absolute atomic E-state index is 0.692. The largest absolute Gasteiger partial charge is 0.356 e. The summed E-state index contributed by atoms with van der Waals surface area (Å²) in [7, 11) is 2.13. The number of hydrogen-bond donors (Lipinski definition) is 0. The average molecular weight is 206 g/mol. The second-order valence-electron chi connectivity index (χ2n) is 4.64. The Morgan fingerprint density at radius 3 is 2.07 bits per heavy atom. The third kappa shape index (κ3) is 3.22. The predicted octanol–water partition coefficient (Wildman–Crippen LogP) is 3.37. The molecule has 2 nitrogen and oxygen atoms in total. The van der Waals surface area contributed by atoms with Crippen molar-refractivity contribution in [2.75, 3.05) is 7.05 Å². The molecule has 1 aliphatic carbocycles. The molecule has 0 N–H and O–H groups in total. The highest BCUT2D eigenvalue weighted by atomic mass is 15.2. The van der Waals surface area contributed by atoms with Crippen LogP contribution in [0.25, 0.3) is 0 Å². The number of amidine groups is 1. The second kappa shape index (κ2) is 4.65. The van der Waals surface area contributed by atoms with Crippen LogP contribution in [0.3, 0.4) is 0 Å². The molecule has 0 radical (unpaired) electrons. The van der Waals surface area contributed by atoms with Crippen molar-refractivity contribution in [3.05, 3.63) is 23.4 Å². The van der Waals surface area contributed by atoms with Gasteiger partial charge in [0, 0.05) is 18.8 Å². The molecule has 2 heteroatoms. The van der Waals surface area contributed by atoms with Crippen LogP contribution in [0.2, 0.25) is 0 Å². The lowest BCUT2D eigenvalue weighted by Gasteiger charge is -2.22. The van der Waals surface area contributed by atoms with Crippen LogP contribution in [-0.2, 0) is 0 Å². The van der Waals surface area contributed by atoms with Gasteiger partial charge in [-0.15, -0.1) is 0 Å². The number of hydrogen-bond acceptors (Lipinski definition) is 1. The molecular formula is C13H22N2. The van der Waals surface area contributed by atoms with E-state index in [0.717, 1.165) is 11.5 Å². The van der Waals surface area contributed by atoms with E-state index in [1.807, 2.05) is 6.92 Å². The maximum atomic E-state index is 4.55. The van der Waals surface area contributed by atoms with E-state index in [9.17, 15) is 0 Å². The molecule has 0 saturated heterocycles. The topological polar surface area (TPSA) is 15.6 Å². The Balaban J connectivity index is 2.97. The monoisotopic (exact) mass is 206 g/mol. The van der Waals surface area contributed by atoms with Gasteiger partial charge in [-0.1, -0.05) is 12.2 Å². The molecule has 0 bridgehead atoms. The lowest BCUT2D eigenvalue weighted by molar-refractivity contribution is 0.494. The minimum atomic E-state index is 0.692. The van der Waals surface area contributed by atoms with Gasteiger partial charge in [0.1, 0.15) is 5.84 Å². The molecule has 0 aromatic carbocycles. The average Bonchev–Trinajstić information content (AvgIpc) is 2.94. The van der Waals surface area contributed by atoms with Crippen molar-refractivity contribution < 1.29 is 0 Å². The summed E-state index contributed by atoms with van der Waals surface area (Å²) in [5, 5.41) is 0. The molecule has 0 heterocycles. The predicted molar refractivity (Wildman–Crippen MR) is 67.1 cm³/mol. The summed E-state index contributed by atoms with van der Waals surface area (Å²) in [6, 6.07) is 0.692. The Morgan fingerprint density at radius 1 is 1.20 bits per heavy atom. The van der Waals surface area contributed by atoms with Crippen LogP contribution in [0, 0.1) is 0 Å². The zero-order chi connectivity index (χ0) is 11.6. The summed E-state index contributed by atoms with van der Waals surface area (Å²) in [4.78, 5) is 6.84. The van der Waals surface area contributed by atoms with Crippen LogP contribution in [0.4, 0.5) is 0 Å². The van der Waals surface area contributed by atoms with Gasteiger partial charge in [0.05, 0.1) is 0 Å². The molecular weight excluding hydrogens is 184 g/mol. The highest BCUT2D eigenvalue weighted by molar-refractivity contribution is 5.99. The van der Waals surface area contributed by atoms with E-state index in [4.69, 9.17) is 0 Å². The van der Waals surface area contributed by atoms with Crippen molar-refractivity contribution in [3.63, 3.8) is 0 Å². The van der Waals surface area contributed by atoms with Gasteiger partial charge in [-0.3, -0.25) is 0 Å². The summed E-state index contributed by atoms with van der Waals surface area (Å²) in [6.07, 6.45) is 2.59. The smallest absolute Gasteiger partial charge is 0.131 e. The third-order valence-electron chi connectivity index (χ3n) is 2.81. The number of allylic oxidation sites excluding steroid dienone is 2. The Kier molecular flexibility index (Phi) is 3.72. The molecule has 0 amide bonds. The Bertz CT molecular complexity index is 315. The summed E-state index contributed by atoms with van der Waals surface area (Å²) in [5.74, 6) is 1.09. The molecule has 1 fully saturated rings. The van der Waals surface area contributed by atoms with E-state index in [-0.39, 0.29) is 0 Å². The van der Waals surface area contributed by atoms with Crippen LogP contribution in [-0.4, -0.2) is 23.8 Å². The summed E-state index contributed by atoms with van der Waals surface area (Å²) in [5.41, 5.74) is 3.47. The van der Waals surface area contributed by atoms with Gasteiger partial charge in [0.15, 0.2) is 0 Å². The van der Waals surface area contributed by atoms with Crippen molar-refractivity contribution in [2.45, 2.75) is 46.6 Å². The molecule has 0 spiro atoms. The number of rotatable bonds is 3. The fourth-order valence-electron chi connectivity index (χ4n) is 1.47. The zero-order valence-corrected chi connectivity index (χ0v) is 10.6. The van der Waals surface area contributed by atoms with Crippen LogP contribution in [0.15, 0.2) is 28.4 Å². The number of likely N-dealkylation sites (N-methyl/N-ethyl adjacent to an activating group) is 1. The summed E-state index contributed by atoms with van der Waals surface area (Å²) in [6.45, 7) is 12.2. The quantitative estimate of drug-likeness (QED) is 0.510. The number of aliphatic imine (C=N–C) groups is 1. The summed E-state index contributed by atoms with van der Waals surface area (Å²) < 4.78 is 0. The molecule has 84 valence electrons. The van der Waals surface area contributed by atoms with E-state index in [2.05, 4.69) is 44.3 Å². The highest BCUT2D eigenvalue weighted by Gasteiger charge is 2.29. The maximum absolute atomic E-state index is 4.55. The molecule has 1 aliphatic rings. The van der Waals surface area contributed by atoms with E-state index < -0.39 is 0 Å². The molecule has 0 aliphatic heterocycles. The van der Waals surface area contributed by atoms with E-state index in [1.54, 1.807) is 0 Å². The highest BCUT2D eigenvalue weighted by Crippen LogP contribution is 2.27. The van der Waals surface area contributed by atoms with Gasteiger partial charge >= 0.3 is 0 Å². The van der Waals surface area contributed by atoms with Gasteiger partial charge in [0.25, 0.3) is 0 Å². The fourth-order valence-corrected chi connectivity index (χ4v) is 1.47. The molecule has 15 heavy (non-hydrogen) atoms. The van der Waals surface area contributed by atoms with Crippen LogP contribution < -0.4 is 0 Å². The Morgan fingerprint density at radius 2 is 1.73 bits per heavy atom. The van der Waals surface area contributed by atoms with Crippen molar-refractivity contribution in [1.82, 2.24) is 4.90 Å². The first-order valence-corrected chi connectivity index (χ1v) is 5.55. The first-order chi connectivity index (χ1) is 6.93. The maximum Gasteiger partial charge on any atom is 0.131 e. The van der Waals surface area contributed by atoms with E-state index in [0.29, 0.717) is 6.04 Å². The van der Waals surface area contributed by atoms with Gasteiger partial charge in [-0.25, -0.2) is 4.99 Å². The molecule has 1 rings (SSSR count). The Labute approximate surface area is 93.4 Å². The Hall–Kier alpha value is -1.05. The first-order valence-electron chi connectivity index (χ1n) is 5.55. The van der Waals surface area contributed by atoms with Crippen molar-refractivity contribution in [2.24, 2.45) is 4.99 Å². The third-order valence-corrected chi connectivity index (χ3v) is 2.81. The van der Waals surface area contributed by atoms with Gasteiger partial charge in [0.2, 0.25) is 0 Å². The van der Waals surface area contributed by atoms with Crippen LogP contribution >= 0.6 is 0 Å². The zero-order valence-electron chi connectivity index (χ0n) is 10.6. The molecule has 0 aromatic heterocycles. The van der Waals surface area contributed by atoms with Gasteiger partial charge in [-0.05, 0) is 46.1 Å². The van der Waals surface area contributed by atoms with E-state index >= 15 is 0 Å². The molecule has 0 aromatic rings. The lowest BCUT2D eigenvalue weighted by atomic mass is 10.1. The first kappa shape index (κ1) is 12.0. The van der Waals surface area contributed by atoms with Gasteiger partial charge in [-0.2, -0.15) is 0 Å². The van der Waals surface area contributed by atoms with E-state index in [1.165, 1.54) is 24.0 Å². The van der Waals surface area contributed by atoms with Crippen LogP contribution in [0.5, 0.6) is 0 Å². The summed E-state index contributed by atoms with van der Waals surface area (Å²) >= 11 is 0. The normalized spacial score (nSPS) is 16.2. The second-order valence-corrected chi connectivity index (χ2v) is 4.64.